The van der Waals surface area contributed by atoms with Crippen molar-refractivity contribution >= 4 is 11.6 Å². The lowest BCUT2D eigenvalue weighted by Gasteiger charge is -2.04. The molecule has 1 aromatic rings. The van der Waals surface area contributed by atoms with Gasteiger partial charge in [-0.25, -0.2) is 0 Å². The maximum absolute atomic E-state index is 5.98. The Kier molecular flexibility index (Phi) is 4.58. The molecule has 70 valence electrons. The maximum Gasteiger partial charge on any atom is 0.0450 e. The fraction of sp³-hybridized carbons (Fsp3) is 0.273. The molecule has 0 bridgehead atoms. The Labute approximate surface area is 84.4 Å². The van der Waals surface area contributed by atoms with Gasteiger partial charge in [-0.1, -0.05) is 35.9 Å². The molecular weight excluding hydrogens is 182 g/mol. The minimum Gasteiger partial charge on any atom is -0.312 e. The Balaban J connectivity index is 2.36. The monoisotopic (exact) mass is 195 g/mol. The van der Waals surface area contributed by atoms with E-state index in [0.29, 0.717) is 0 Å². The molecule has 1 rings (SSSR count). The molecule has 0 heterocycles. The molecule has 0 radical (unpaired) electrons. The van der Waals surface area contributed by atoms with Crippen molar-refractivity contribution in [1.82, 2.24) is 5.32 Å². The molecule has 0 spiro atoms. The van der Waals surface area contributed by atoms with E-state index in [-0.39, 0.29) is 0 Å². The van der Waals surface area contributed by atoms with Gasteiger partial charge in [-0.15, -0.1) is 6.58 Å². The predicted molar refractivity (Wildman–Crippen MR) is 58.0 cm³/mol. The van der Waals surface area contributed by atoms with Gasteiger partial charge in [0.15, 0.2) is 0 Å². The third-order valence-electron chi connectivity index (χ3n) is 1.80. The molecule has 0 atom stereocenters. The summed E-state index contributed by atoms with van der Waals surface area (Å²) >= 11 is 5.98. The number of rotatable bonds is 5. The summed E-state index contributed by atoms with van der Waals surface area (Å²) in [6, 6.07) is 7.88. The van der Waals surface area contributed by atoms with Gasteiger partial charge in [-0.2, -0.15) is 0 Å². The van der Waals surface area contributed by atoms with E-state index in [2.05, 4.69) is 11.9 Å². The third-order valence-corrected chi connectivity index (χ3v) is 2.17. The van der Waals surface area contributed by atoms with Gasteiger partial charge in [0, 0.05) is 11.6 Å². The molecular formula is C11H14ClN. The van der Waals surface area contributed by atoms with Crippen LogP contribution in [0.25, 0.3) is 0 Å². The number of hydrogen-bond acceptors (Lipinski definition) is 1. The van der Waals surface area contributed by atoms with Gasteiger partial charge in [-0.05, 0) is 24.6 Å². The number of hydrogen-bond donors (Lipinski definition) is 1. The zero-order chi connectivity index (χ0) is 9.52. The molecule has 1 aromatic carbocycles. The van der Waals surface area contributed by atoms with Crippen molar-refractivity contribution in [1.29, 1.82) is 0 Å². The zero-order valence-corrected chi connectivity index (χ0v) is 8.35. The molecule has 0 saturated carbocycles. The normalized spacial score (nSPS) is 9.92. The van der Waals surface area contributed by atoms with Crippen LogP contribution in [0.3, 0.4) is 0 Å². The summed E-state index contributed by atoms with van der Waals surface area (Å²) in [6.45, 7) is 5.44. The summed E-state index contributed by atoms with van der Waals surface area (Å²) in [5, 5.41) is 4.12. The van der Waals surface area contributed by atoms with Gasteiger partial charge < -0.3 is 5.32 Å². The first-order valence-corrected chi connectivity index (χ1v) is 4.77. The third kappa shape index (κ3) is 3.62. The summed E-state index contributed by atoms with van der Waals surface area (Å²) in [5.41, 5.74) is 1.15. The molecule has 0 amide bonds. The Morgan fingerprint density at radius 2 is 2.15 bits per heavy atom. The minimum absolute atomic E-state index is 0.827. The van der Waals surface area contributed by atoms with E-state index in [4.69, 9.17) is 11.6 Å². The second-order valence-corrected chi connectivity index (χ2v) is 3.25. The number of halogens is 1. The molecule has 2 heteroatoms. The van der Waals surface area contributed by atoms with E-state index in [1.165, 1.54) is 0 Å². The smallest absolute Gasteiger partial charge is 0.0450 e. The van der Waals surface area contributed by atoms with Crippen LogP contribution in [0.2, 0.25) is 5.02 Å². The SMILES string of the molecule is C=CCCNCc1ccccc1Cl. The van der Waals surface area contributed by atoms with Crippen LogP contribution < -0.4 is 5.32 Å². The summed E-state index contributed by atoms with van der Waals surface area (Å²) < 4.78 is 0. The van der Waals surface area contributed by atoms with E-state index in [1.54, 1.807) is 0 Å². The van der Waals surface area contributed by atoms with Crippen molar-refractivity contribution in [2.75, 3.05) is 6.54 Å². The van der Waals surface area contributed by atoms with E-state index in [1.807, 2.05) is 30.3 Å². The van der Waals surface area contributed by atoms with Crippen molar-refractivity contribution in [3.63, 3.8) is 0 Å². The molecule has 0 aromatic heterocycles. The zero-order valence-electron chi connectivity index (χ0n) is 7.59. The average Bonchev–Trinajstić information content (AvgIpc) is 2.15. The molecule has 0 saturated heterocycles. The van der Waals surface area contributed by atoms with Crippen molar-refractivity contribution in [2.24, 2.45) is 0 Å². The van der Waals surface area contributed by atoms with Gasteiger partial charge in [-0.3, -0.25) is 0 Å². The minimum atomic E-state index is 0.827. The van der Waals surface area contributed by atoms with Gasteiger partial charge in [0.1, 0.15) is 0 Å². The lowest BCUT2D eigenvalue weighted by molar-refractivity contribution is 0.696. The van der Waals surface area contributed by atoms with E-state index < -0.39 is 0 Å². The van der Waals surface area contributed by atoms with Crippen molar-refractivity contribution in [2.45, 2.75) is 13.0 Å². The highest BCUT2D eigenvalue weighted by Crippen LogP contribution is 2.13. The number of nitrogens with one attached hydrogen (secondary N) is 1. The summed E-state index contributed by atoms with van der Waals surface area (Å²) in [4.78, 5) is 0. The summed E-state index contributed by atoms with van der Waals surface area (Å²) in [6.07, 6.45) is 2.89. The molecule has 0 aliphatic rings. The quantitative estimate of drug-likeness (QED) is 0.563. The van der Waals surface area contributed by atoms with Crippen molar-refractivity contribution in [3.8, 4) is 0 Å². The van der Waals surface area contributed by atoms with Gasteiger partial charge in [0.2, 0.25) is 0 Å². The summed E-state index contributed by atoms with van der Waals surface area (Å²) in [5.74, 6) is 0. The predicted octanol–water partition coefficient (Wildman–Crippen LogP) is 3.01. The highest BCUT2D eigenvalue weighted by molar-refractivity contribution is 6.31. The largest absolute Gasteiger partial charge is 0.312 e. The highest BCUT2D eigenvalue weighted by Gasteiger charge is 1.96. The Bertz CT molecular complexity index is 271. The Morgan fingerprint density at radius 3 is 2.85 bits per heavy atom. The molecule has 1 N–H and O–H groups in total. The Hall–Kier alpha value is -0.790. The second kappa shape index (κ2) is 5.79. The average molecular weight is 196 g/mol. The lowest BCUT2D eigenvalue weighted by atomic mass is 10.2. The molecule has 0 aliphatic carbocycles. The molecule has 0 aliphatic heterocycles. The van der Waals surface area contributed by atoms with Crippen LogP contribution >= 0.6 is 11.6 Å². The molecule has 1 nitrogen and oxygen atoms in total. The van der Waals surface area contributed by atoms with Crippen LogP contribution in [0, 0.1) is 0 Å². The van der Waals surface area contributed by atoms with Gasteiger partial charge >= 0.3 is 0 Å². The maximum atomic E-state index is 5.98. The second-order valence-electron chi connectivity index (χ2n) is 2.85. The van der Waals surface area contributed by atoms with Crippen LogP contribution in [0.4, 0.5) is 0 Å². The van der Waals surface area contributed by atoms with E-state index in [0.717, 1.165) is 30.1 Å². The van der Waals surface area contributed by atoms with Gasteiger partial charge in [0.05, 0.1) is 0 Å². The fourth-order valence-electron chi connectivity index (χ4n) is 1.07. The lowest BCUT2D eigenvalue weighted by Crippen LogP contribution is -2.14. The van der Waals surface area contributed by atoms with Crippen molar-refractivity contribution < 1.29 is 0 Å². The summed E-state index contributed by atoms with van der Waals surface area (Å²) in [7, 11) is 0. The van der Waals surface area contributed by atoms with Crippen LogP contribution in [0.5, 0.6) is 0 Å². The van der Waals surface area contributed by atoms with Crippen LogP contribution in [-0.2, 0) is 6.54 Å². The van der Waals surface area contributed by atoms with Crippen LogP contribution in [-0.4, -0.2) is 6.54 Å². The highest BCUT2D eigenvalue weighted by atomic mass is 35.5. The Morgan fingerprint density at radius 1 is 1.38 bits per heavy atom. The first kappa shape index (κ1) is 10.3. The van der Waals surface area contributed by atoms with Gasteiger partial charge in [0.25, 0.3) is 0 Å². The molecule has 0 unspecified atom stereocenters. The first-order valence-electron chi connectivity index (χ1n) is 4.39. The van der Waals surface area contributed by atoms with E-state index >= 15 is 0 Å². The number of benzene rings is 1. The standard InChI is InChI=1S/C11H14ClN/c1-2-3-8-13-9-10-6-4-5-7-11(10)12/h2,4-7,13H,1,3,8-9H2. The molecule has 13 heavy (non-hydrogen) atoms. The molecule has 0 fully saturated rings. The topological polar surface area (TPSA) is 12.0 Å². The van der Waals surface area contributed by atoms with Crippen LogP contribution in [0.15, 0.2) is 36.9 Å². The fourth-order valence-corrected chi connectivity index (χ4v) is 1.27. The van der Waals surface area contributed by atoms with E-state index in [9.17, 15) is 0 Å². The van der Waals surface area contributed by atoms with Crippen molar-refractivity contribution in [3.05, 3.63) is 47.5 Å². The first-order chi connectivity index (χ1) is 6.34. The van der Waals surface area contributed by atoms with Crippen LogP contribution in [0.1, 0.15) is 12.0 Å².